The quantitative estimate of drug-likeness (QED) is 0.719. The highest BCUT2D eigenvalue weighted by Crippen LogP contribution is 2.50. The van der Waals surface area contributed by atoms with Gasteiger partial charge in [-0.05, 0) is 47.7 Å². The van der Waals surface area contributed by atoms with Crippen LogP contribution in [0, 0.1) is 0 Å². The molecule has 0 aromatic heterocycles. The Morgan fingerprint density at radius 3 is 2.75 bits per heavy atom. The van der Waals surface area contributed by atoms with Crippen molar-refractivity contribution in [3.05, 3.63) is 64.7 Å². The molecule has 2 aromatic rings. The number of benzene rings is 2. The summed E-state index contributed by atoms with van der Waals surface area (Å²) < 4.78 is 5.20. The van der Waals surface area contributed by atoms with Crippen LogP contribution in [0.15, 0.2) is 48.0 Å². The lowest BCUT2D eigenvalue weighted by Gasteiger charge is -2.34. The molecule has 2 amide bonds. The molecule has 0 bridgehead atoms. The molecule has 6 nitrogen and oxygen atoms in total. The first-order valence-electron chi connectivity index (χ1n) is 11.3. The summed E-state index contributed by atoms with van der Waals surface area (Å²) in [6.07, 6.45) is 7.59. The second-order valence-corrected chi connectivity index (χ2v) is 8.99. The maximum atomic E-state index is 13.8. The van der Waals surface area contributed by atoms with Gasteiger partial charge in [-0.25, -0.2) is 0 Å². The van der Waals surface area contributed by atoms with Gasteiger partial charge in [0.05, 0.1) is 7.11 Å². The van der Waals surface area contributed by atoms with Gasteiger partial charge < -0.3 is 20.1 Å². The third-order valence-electron chi connectivity index (χ3n) is 7.08. The zero-order valence-corrected chi connectivity index (χ0v) is 18.3. The summed E-state index contributed by atoms with van der Waals surface area (Å²) in [5.74, 6) is 0.201. The Kier molecular flexibility index (Phi) is 5.16. The number of carbonyl (C=O) groups is 2. The molecule has 32 heavy (non-hydrogen) atoms. The first kappa shape index (κ1) is 20.6. The van der Waals surface area contributed by atoms with Gasteiger partial charge in [0.2, 0.25) is 0 Å². The number of phenolic OH excluding ortho intramolecular Hbond substituents is 1. The lowest BCUT2D eigenvalue weighted by atomic mass is 9.84. The van der Waals surface area contributed by atoms with E-state index in [-0.39, 0.29) is 23.6 Å². The molecule has 6 heteroatoms. The van der Waals surface area contributed by atoms with Gasteiger partial charge in [-0.15, -0.1) is 0 Å². The van der Waals surface area contributed by atoms with E-state index in [1.165, 1.54) is 13.5 Å². The van der Waals surface area contributed by atoms with Crippen LogP contribution < -0.4 is 10.1 Å². The zero-order valence-electron chi connectivity index (χ0n) is 18.3. The third kappa shape index (κ3) is 3.25. The molecule has 1 atom stereocenters. The topological polar surface area (TPSA) is 78.9 Å². The Labute approximate surface area is 187 Å². The molecule has 2 heterocycles. The maximum Gasteiger partial charge on any atom is 0.251 e. The molecule has 2 fully saturated rings. The number of amides is 2. The van der Waals surface area contributed by atoms with Crippen molar-refractivity contribution in [3.8, 4) is 11.5 Å². The SMILES string of the molecule is COc1cc(/C=C2/CC3(C(=O)NC4CCCCC4)c4ccccc4CN3C2=O)ccc1O. The van der Waals surface area contributed by atoms with Crippen LogP contribution in [0.2, 0.25) is 0 Å². The second kappa shape index (κ2) is 8.01. The number of carbonyl (C=O) groups excluding carboxylic acids is 2. The average Bonchev–Trinajstić information content (AvgIpc) is 3.28. The van der Waals surface area contributed by atoms with Crippen molar-refractivity contribution in [2.45, 2.75) is 56.7 Å². The van der Waals surface area contributed by atoms with E-state index < -0.39 is 5.54 Å². The van der Waals surface area contributed by atoms with Crippen LogP contribution in [0.4, 0.5) is 0 Å². The monoisotopic (exact) mass is 432 g/mol. The van der Waals surface area contributed by atoms with E-state index in [0.29, 0.717) is 24.3 Å². The number of ether oxygens (including phenoxy) is 1. The average molecular weight is 433 g/mol. The van der Waals surface area contributed by atoms with Crippen LogP contribution in [0.25, 0.3) is 6.08 Å². The fraction of sp³-hybridized carbons (Fsp3) is 0.385. The van der Waals surface area contributed by atoms with Crippen LogP contribution >= 0.6 is 0 Å². The molecule has 1 unspecified atom stereocenters. The van der Waals surface area contributed by atoms with Crippen molar-refractivity contribution in [2.24, 2.45) is 0 Å². The molecule has 2 aliphatic heterocycles. The van der Waals surface area contributed by atoms with Crippen molar-refractivity contribution in [3.63, 3.8) is 0 Å². The summed E-state index contributed by atoms with van der Waals surface area (Å²) >= 11 is 0. The summed E-state index contributed by atoms with van der Waals surface area (Å²) in [5.41, 5.74) is 2.29. The van der Waals surface area contributed by atoms with Crippen molar-refractivity contribution < 1.29 is 19.4 Å². The number of fused-ring (bicyclic) bond motifs is 3. The highest BCUT2D eigenvalue weighted by molar-refractivity contribution is 6.08. The largest absolute Gasteiger partial charge is 0.504 e. The molecule has 1 aliphatic carbocycles. The first-order valence-corrected chi connectivity index (χ1v) is 11.3. The van der Waals surface area contributed by atoms with Crippen LogP contribution in [0.1, 0.15) is 55.2 Å². The molecule has 3 aliphatic rings. The summed E-state index contributed by atoms with van der Waals surface area (Å²) in [4.78, 5) is 29.0. The number of nitrogens with zero attached hydrogens (tertiary/aromatic N) is 1. The van der Waals surface area contributed by atoms with Crippen molar-refractivity contribution in [2.75, 3.05) is 7.11 Å². The van der Waals surface area contributed by atoms with E-state index in [0.717, 1.165) is 42.4 Å². The van der Waals surface area contributed by atoms with Crippen LogP contribution in [0.5, 0.6) is 11.5 Å². The minimum atomic E-state index is -1.00. The van der Waals surface area contributed by atoms with Crippen LogP contribution in [0.3, 0.4) is 0 Å². The van der Waals surface area contributed by atoms with Gasteiger partial charge in [0, 0.05) is 24.6 Å². The van der Waals surface area contributed by atoms with E-state index >= 15 is 0 Å². The Hall–Kier alpha value is -3.28. The van der Waals surface area contributed by atoms with Gasteiger partial charge in [-0.2, -0.15) is 0 Å². The predicted molar refractivity (Wildman–Crippen MR) is 121 cm³/mol. The molecule has 0 radical (unpaired) electrons. The molecule has 2 aromatic carbocycles. The summed E-state index contributed by atoms with van der Waals surface area (Å²) in [6.45, 7) is 0.434. The third-order valence-corrected chi connectivity index (χ3v) is 7.08. The van der Waals surface area contributed by atoms with E-state index in [4.69, 9.17) is 4.74 Å². The van der Waals surface area contributed by atoms with Crippen LogP contribution in [-0.4, -0.2) is 35.0 Å². The number of rotatable bonds is 4. The first-order chi connectivity index (χ1) is 15.5. The fourth-order valence-electron chi connectivity index (χ4n) is 5.45. The smallest absolute Gasteiger partial charge is 0.251 e. The van der Waals surface area contributed by atoms with Crippen molar-refractivity contribution in [1.29, 1.82) is 0 Å². The predicted octanol–water partition coefficient (Wildman–Crippen LogP) is 3.87. The van der Waals surface area contributed by atoms with Gasteiger partial charge in [-0.1, -0.05) is 49.6 Å². The van der Waals surface area contributed by atoms with E-state index in [2.05, 4.69) is 5.32 Å². The molecule has 2 N–H and O–H groups in total. The molecule has 5 rings (SSSR count). The molecular formula is C26H28N2O4. The van der Waals surface area contributed by atoms with Gasteiger partial charge >= 0.3 is 0 Å². The number of hydrogen-bond donors (Lipinski definition) is 2. The summed E-state index contributed by atoms with van der Waals surface area (Å²) in [5, 5.41) is 13.2. The Morgan fingerprint density at radius 2 is 1.97 bits per heavy atom. The maximum absolute atomic E-state index is 13.8. The van der Waals surface area contributed by atoms with E-state index in [1.807, 2.05) is 24.3 Å². The number of aromatic hydroxyl groups is 1. The second-order valence-electron chi connectivity index (χ2n) is 8.99. The lowest BCUT2D eigenvalue weighted by molar-refractivity contribution is -0.141. The van der Waals surface area contributed by atoms with E-state index in [1.54, 1.807) is 29.2 Å². The van der Waals surface area contributed by atoms with Gasteiger partial charge in [0.1, 0.15) is 0 Å². The summed E-state index contributed by atoms with van der Waals surface area (Å²) in [6, 6.07) is 13.0. The Bertz CT molecular complexity index is 1100. The normalized spacial score (nSPS) is 23.8. The van der Waals surface area contributed by atoms with Crippen molar-refractivity contribution >= 4 is 17.9 Å². The van der Waals surface area contributed by atoms with Gasteiger partial charge in [-0.3, -0.25) is 9.59 Å². The minimum Gasteiger partial charge on any atom is -0.504 e. The highest BCUT2D eigenvalue weighted by Gasteiger charge is 2.58. The number of phenols is 1. The van der Waals surface area contributed by atoms with E-state index in [9.17, 15) is 14.7 Å². The Balaban J connectivity index is 1.53. The fourth-order valence-corrected chi connectivity index (χ4v) is 5.45. The standard InChI is InChI=1S/C26H28N2O4/c1-32-23-14-17(11-12-22(23)29)13-19-15-26(25(31)27-20-8-3-2-4-9-20)21-10-6-5-7-18(21)16-28(26)24(19)30/h5-7,10-14,20,29H,2-4,8-9,15-16H2,1H3,(H,27,31)/b19-13-. The zero-order chi connectivity index (χ0) is 22.3. The molecular weight excluding hydrogens is 404 g/mol. The van der Waals surface area contributed by atoms with Gasteiger partial charge in [0.15, 0.2) is 17.0 Å². The Morgan fingerprint density at radius 1 is 1.19 bits per heavy atom. The minimum absolute atomic E-state index is 0.0466. The highest BCUT2D eigenvalue weighted by atomic mass is 16.5. The van der Waals surface area contributed by atoms with Crippen molar-refractivity contribution in [1.82, 2.24) is 10.2 Å². The van der Waals surface area contributed by atoms with Gasteiger partial charge in [0.25, 0.3) is 11.8 Å². The number of methoxy groups -OCH3 is 1. The van der Waals surface area contributed by atoms with Crippen LogP contribution in [-0.2, 0) is 21.7 Å². The molecule has 166 valence electrons. The number of nitrogens with one attached hydrogen (secondary N) is 1. The summed E-state index contributed by atoms with van der Waals surface area (Å²) in [7, 11) is 1.49. The molecule has 0 spiro atoms. The molecule has 1 saturated heterocycles. The molecule has 1 saturated carbocycles. The number of hydrogen-bond acceptors (Lipinski definition) is 4. The lowest BCUT2D eigenvalue weighted by Crippen LogP contribution is -2.53.